The van der Waals surface area contributed by atoms with E-state index >= 15 is 0 Å². The molecule has 3 rings (SSSR count). The average molecular weight is 244 g/mol. The molecule has 1 N–H and O–H groups in total. The Morgan fingerprint density at radius 3 is 3.06 bits per heavy atom. The predicted octanol–water partition coefficient (Wildman–Crippen LogP) is 2.31. The number of hydrogen-bond donors (Lipinski definition) is 1. The van der Waals surface area contributed by atoms with Crippen molar-refractivity contribution in [3.8, 4) is 0 Å². The van der Waals surface area contributed by atoms with Gasteiger partial charge in [-0.3, -0.25) is 4.98 Å². The van der Waals surface area contributed by atoms with E-state index in [1.54, 1.807) is 0 Å². The van der Waals surface area contributed by atoms with E-state index in [-0.39, 0.29) is 0 Å². The first-order chi connectivity index (χ1) is 8.79. The highest BCUT2D eigenvalue weighted by Crippen LogP contribution is 2.38. The molecule has 18 heavy (non-hydrogen) atoms. The van der Waals surface area contributed by atoms with Crippen molar-refractivity contribution in [3.05, 3.63) is 24.3 Å². The summed E-state index contributed by atoms with van der Waals surface area (Å²) in [4.78, 5) is 8.93. The summed E-state index contributed by atoms with van der Waals surface area (Å²) in [6.45, 7) is 5.37. The van der Waals surface area contributed by atoms with Crippen LogP contribution in [0, 0.1) is 0 Å². The molecule has 2 heterocycles. The standard InChI is InChI=1S/C14H20N4/c1-3-16-10(2)8-14-17-12-9-15-7-6-13(12)18(14)11-4-5-11/h6-7,9-11,16H,3-5,8H2,1-2H3. The number of likely N-dealkylation sites (N-methyl/N-ethyl adjacent to an activating group) is 1. The molecule has 0 aliphatic heterocycles. The van der Waals surface area contributed by atoms with Crippen LogP contribution in [0.4, 0.5) is 0 Å². The van der Waals surface area contributed by atoms with E-state index in [1.807, 2.05) is 12.4 Å². The Kier molecular flexibility index (Phi) is 3.04. The Hall–Kier alpha value is -1.42. The summed E-state index contributed by atoms with van der Waals surface area (Å²) in [6.07, 6.45) is 7.29. The lowest BCUT2D eigenvalue weighted by atomic mass is 10.2. The number of hydrogen-bond acceptors (Lipinski definition) is 3. The zero-order valence-electron chi connectivity index (χ0n) is 11.1. The summed E-state index contributed by atoms with van der Waals surface area (Å²) in [5.74, 6) is 1.20. The lowest BCUT2D eigenvalue weighted by molar-refractivity contribution is 0.536. The van der Waals surface area contributed by atoms with Gasteiger partial charge in [-0.1, -0.05) is 6.92 Å². The van der Waals surface area contributed by atoms with Gasteiger partial charge >= 0.3 is 0 Å². The van der Waals surface area contributed by atoms with Gasteiger partial charge in [-0.05, 0) is 32.4 Å². The van der Waals surface area contributed by atoms with Gasteiger partial charge in [0.1, 0.15) is 11.3 Å². The number of fused-ring (bicyclic) bond motifs is 1. The van der Waals surface area contributed by atoms with E-state index in [0.717, 1.165) is 18.5 Å². The first-order valence-electron chi connectivity index (χ1n) is 6.83. The van der Waals surface area contributed by atoms with Gasteiger partial charge in [0.2, 0.25) is 0 Å². The van der Waals surface area contributed by atoms with Crippen LogP contribution in [0.15, 0.2) is 18.5 Å². The van der Waals surface area contributed by atoms with Crippen molar-refractivity contribution in [1.29, 1.82) is 0 Å². The summed E-state index contributed by atoms with van der Waals surface area (Å²) >= 11 is 0. The maximum Gasteiger partial charge on any atom is 0.111 e. The van der Waals surface area contributed by atoms with Gasteiger partial charge in [-0.25, -0.2) is 4.98 Å². The molecule has 0 bridgehead atoms. The molecule has 1 saturated carbocycles. The van der Waals surface area contributed by atoms with Gasteiger partial charge < -0.3 is 9.88 Å². The van der Waals surface area contributed by atoms with Crippen LogP contribution in [-0.4, -0.2) is 27.1 Å². The Balaban J connectivity index is 1.97. The molecule has 1 fully saturated rings. The van der Waals surface area contributed by atoms with Crippen LogP contribution in [0.5, 0.6) is 0 Å². The molecule has 4 nitrogen and oxygen atoms in total. The van der Waals surface area contributed by atoms with Crippen LogP contribution in [0.25, 0.3) is 11.0 Å². The number of rotatable bonds is 5. The van der Waals surface area contributed by atoms with Crippen LogP contribution >= 0.6 is 0 Å². The summed E-state index contributed by atoms with van der Waals surface area (Å²) in [7, 11) is 0. The molecule has 0 radical (unpaired) electrons. The number of pyridine rings is 1. The fourth-order valence-corrected chi connectivity index (χ4v) is 2.58. The molecule has 0 aromatic carbocycles. The van der Waals surface area contributed by atoms with Crippen molar-refractivity contribution in [2.24, 2.45) is 0 Å². The minimum Gasteiger partial charge on any atom is -0.325 e. The Morgan fingerprint density at radius 2 is 2.33 bits per heavy atom. The highest BCUT2D eigenvalue weighted by atomic mass is 15.1. The molecule has 0 saturated heterocycles. The maximum atomic E-state index is 4.76. The first-order valence-corrected chi connectivity index (χ1v) is 6.83. The van der Waals surface area contributed by atoms with Crippen LogP contribution in [0.2, 0.25) is 0 Å². The van der Waals surface area contributed by atoms with Crippen LogP contribution in [-0.2, 0) is 6.42 Å². The Bertz CT molecular complexity index is 542. The van der Waals surface area contributed by atoms with Crippen molar-refractivity contribution in [1.82, 2.24) is 19.9 Å². The lowest BCUT2D eigenvalue weighted by Crippen LogP contribution is -2.28. The predicted molar refractivity (Wildman–Crippen MR) is 72.6 cm³/mol. The summed E-state index contributed by atoms with van der Waals surface area (Å²) in [5.41, 5.74) is 2.27. The van der Waals surface area contributed by atoms with E-state index in [0.29, 0.717) is 12.1 Å². The second-order valence-corrected chi connectivity index (χ2v) is 5.16. The molecule has 1 aliphatic carbocycles. The molecule has 2 aromatic heterocycles. The molecule has 0 amide bonds. The molecule has 1 aliphatic rings. The van der Waals surface area contributed by atoms with Gasteiger partial charge in [-0.15, -0.1) is 0 Å². The number of nitrogens with zero attached hydrogens (tertiary/aromatic N) is 3. The monoisotopic (exact) mass is 244 g/mol. The Labute approximate surface area is 107 Å². The van der Waals surface area contributed by atoms with E-state index < -0.39 is 0 Å². The number of nitrogens with one attached hydrogen (secondary N) is 1. The molecule has 96 valence electrons. The van der Waals surface area contributed by atoms with Crippen molar-refractivity contribution >= 4 is 11.0 Å². The highest BCUT2D eigenvalue weighted by Gasteiger charge is 2.28. The van der Waals surface area contributed by atoms with Crippen LogP contribution in [0.3, 0.4) is 0 Å². The van der Waals surface area contributed by atoms with Crippen LogP contribution < -0.4 is 5.32 Å². The van der Waals surface area contributed by atoms with E-state index in [2.05, 4.69) is 34.8 Å². The molecule has 0 spiro atoms. The molecular weight excluding hydrogens is 224 g/mol. The minimum atomic E-state index is 0.470. The SMILES string of the molecule is CCNC(C)Cc1nc2cnccc2n1C1CC1. The fourth-order valence-electron chi connectivity index (χ4n) is 2.58. The molecular formula is C14H20N4. The number of imidazole rings is 1. The van der Waals surface area contributed by atoms with E-state index in [9.17, 15) is 0 Å². The first kappa shape index (κ1) is 11.7. The summed E-state index contributed by atoms with van der Waals surface area (Å²) in [5, 5.41) is 3.46. The van der Waals surface area contributed by atoms with Crippen molar-refractivity contribution in [2.75, 3.05) is 6.54 Å². The van der Waals surface area contributed by atoms with E-state index in [1.165, 1.54) is 24.2 Å². The molecule has 2 aromatic rings. The average Bonchev–Trinajstić information content (AvgIpc) is 3.11. The quantitative estimate of drug-likeness (QED) is 0.877. The van der Waals surface area contributed by atoms with Crippen molar-refractivity contribution in [3.63, 3.8) is 0 Å². The van der Waals surface area contributed by atoms with Crippen LogP contribution in [0.1, 0.15) is 38.6 Å². The normalized spacial score (nSPS) is 17.2. The maximum absolute atomic E-state index is 4.76. The zero-order valence-corrected chi connectivity index (χ0v) is 11.1. The third-order valence-corrected chi connectivity index (χ3v) is 3.52. The van der Waals surface area contributed by atoms with E-state index in [4.69, 9.17) is 4.98 Å². The molecule has 1 unspecified atom stereocenters. The second-order valence-electron chi connectivity index (χ2n) is 5.16. The second kappa shape index (κ2) is 4.69. The summed E-state index contributed by atoms with van der Waals surface area (Å²) in [6, 6.07) is 3.22. The van der Waals surface area contributed by atoms with Gasteiger partial charge in [0.15, 0.2) is 0 Å². The zero-order chi connectivity index (χ0) is 12.5. The molecule has 4 heteroatoms. The Morgan fingerprint density at radius 1 is 1.50 bits per heavy atom. The van der Waals surface area contributed by atoms with Crippen molar-refractivity contribution in [2.45, 2.75) is 45.2 Å². The highest BCUT2D eigenvalue weighted by molar-refractivity contribution is 5.75. The minimum absolute atomic E-state index is 0.470. The largest absolute Gasteiger partial charge is 0.325 e. The fraction of sp³-hybridized carbons (Fsp3) is 0.571. The summed E-state index contributed by atoms with van der Waals surface area (Å²) < 4.78 is 2.42. The van der Waals surface area contributed by atoms with Gasteiger partial charge in [0.05, 0.1) is 11.7 Å². The van der Waals surface area contributed by atoms with Gasteiger partial charge in [0.25, 0.3) is 0 Å². The smallest absolute Gasteiger partial charge is 0.111 e. The van der Waals surface area contributed by atoms with Gasteiger partial charge in [0, 0.05) is 24.7 Å². The topological polar surface area (TPSA) is 42.7 Å². The third kappa shape index (κ3) is 2.12. The number of aromatic nitrogens is 3. The lowest BCUT2D eigenvalue weighted by Gasteiger charge is -2.13. The third-order valence-electron chi connectivity index (χ3n) is 3.52. The molecule has 1 atom stereocenters. The van der Waals surface area contributed by atoms with Crippen molar-refractivity contribution < 1.29 is 0 Å². The van der Waals surface area contributed by atoms with Gasteiger partial charge in [-0.2, -0.15) is 0 Å².